The van der Waals surface area contributed by atoms with Crippen molar-refractivity contribution in [3.05, 3.63) is 0 Å². The van der Waals surface area contributed by atoms with E-state index in [2.05, 4.69) is 23.4 Å². The topological polar surface area (TPSA) is 250 Å². The number of nitrogens with two attached hydrogens (primary N) is 2. The normalized spacial score (nSPS) is 18.8. The third-order valence-electron chi connectivity index (χ3n) is 2.23. The van der Waals surface area contributed by atoms with Gasteiger partial charge in [0.1, 0.15) is 0 Å². The van der Waals surface area contributed by atoms with Crippen molar-refractivity contribution in [2.75, 3.05) is 13.1 Å². The molecule has 0 aromatic heterocycles. The smallest absolute Gasteiger partial charge is 0.316 e. The molecule has 0 heterocycles. The summed E-state index contributed by atoms with van der Waals surface area (Å²) in [5, 5.41) is 2.60. The van der Waals surface area contributed by atoms with Gasteiger partial charge in [-0.15, -0.1) is 19.6 Å². The Hall–Kier alpha value is -0.0400. The van der Waals surface area contributed by atoms with Crippen LogP contribution < -0.4 is 16.8 Å². The summed E-state index contributed by atoms with van der Waals surface area (Å²) < 4.78 is 59.8. The van der Waals surface area contributed by atoms with Crippen LogP contribution in [-0.4, -0.2) is 44.5 Å². The van der Waals surface area contributed by atoms with Gasteiger partial charge in [-0.05, 0) is 0 Å². The maximum atomic E-state index is 10.6. The van der Waals surface area contributed by atoms with E-state index in [0.717, 1.165) is 0 Å². The Morgan fingerprint density at radius 3 is 1.12 bits per heavy atom. The van der Waals surface area contributed by atoms with Gasteiger partial charge in [-0.3, -0.25) is 11.5 Å². The van der Waals surface area contributed by atoms with Crippen LogP contribution >= 0.6 is 33.0 Å². The quantitative estimate of drug-likeness (QED) is 0.0982. The van der Waals surface area contributed by atoms with Crippen LogP contribution in [0.1, 0.15) is 12.8 Å². The number of nitrogens with one attached hydrogen (secondary N) is 1. The zero-order valence-electron chi connectivity index (χ0n) is 12.3. The minimum absolute atomic E-state index is 0.116. The number of hydrogen-bond donors (Lipinski definition) is 7. The fourth-order valence-electron chi connectivity index (χ4n) is 1.39. The lowest BCUT2D eigenvalue weighted by Gasteiger charge is -2.17. The Bertz CT molecular complexity index is 443. The Kier molecular flexibility index (Phi) is 11.6. The molecule has 0 saturated carbocycles. The van der Waals surface area contributed by atoms with Gasteiger partial charge in [0.15, 0.2) is 0 Å². The van der Waals surface area contributed by atoms with E-state index in [4.69, 9.17) is 31.0 Å². The van der Waals surface area contributed by atoms with Crippen LogP contribution in [0.4, 0.5) is 0 Å². The third-order valence-corrected chi connectivity index (χ3v) is 4.09. The highest BCUT2D eigenvalue weighted by atomic mass is 31.1. The second kappa shape index (κ2) is 11.6. The zero-order valence-corrected chi connectivity index (χ0v) is 15.9. The predicted octanol–water partition coefficient (Wildman–Crippen LogP) is -0.754. The van der Waals surface area contributed by atoms with Crippen LogP contribution in [0.25, 0.3) is 0 Å². The molecule has 0 fully saturated rings. The summed E-state index contributed by atoms with van der Waals surface area (Å²) in [6.07, 6.45) is -0.754. The number of hydrogen-bond acceptors (Lipinski definition) is 11. The van der Waals surface area contributed by atoms with Crippen molar-refractivity contribution >= 4 is 33.0 Å². The van der Waals surface area contributed by atoms with Crippen LogP contribution in [0.5, 0.6) is 0 Å². The van der Waals surface area contributed by atoms with Crippen LogP contribution in [-0.2, 0) is 36.4 Å². The summed E-state index contributed by atoms with van der Waals surface area (Å²) >= 11 is 0. The summed E-state index contributed by atoms with van der Waals surface area (Å²) in [6.45, 7) is -0.231. The van der Waals surface area contributed by atoms with Gasteiger partial charge in [-0.1, -0.05) is 18.1 Å². The Balaban J connectivity index is 4.51. The predicted molar refractivity (Wildman–Crippen MR) is 79.6 cm³/mol. The summed E-state index contributed by atoms with van der Waals surface area (Å²) in [4.78, 5) is 34.6. The molecule has 0 amide bonds. The van der Waals surface area contributed by atoms with Gasteiger partial charge in [-0.2, -0.15) is 0 Å². The summed E-state index contributed by atoms with van der Waals surface area (Å²) in [7, 11) is -12.9. The van der Waals surface area contributed by atoms with E-state index in [9.17, 15) is 18.3 Å². The Morgan fingerprint density at radius 2 is 0.920 bits per heavy atom. The van der Waals surface area contributed by atoms with E-state index in [1.807, 2.05) is 0 Å². The first-order chi connectivity index (χ1) is 11.4. The molecule has 9 N–H and O–H groups in total. The first-order valence-corrected chi connectivity index (χ1v) is 10.6. The Morgan fingerprint density at radius 1 is 0.680 bits per heavy atom. The molecular weight excluding hydrogens is 430 g/mol. The van der Waals surface area contributed by atoms with E-state index < -0.39 is 44.8 Å². The fraction of sp³-hybridized carbons (Fsp3) is 1.00. The number of rotatable bonds is 14. The van der Waals surface area contributed by atoms with Gasteiger partial charge in [0.2, 0.25) is 0 Å². The molecule has 0 rings (SSSR count). The van der Waals surface area contributed by atoms with Crippen molar-refractivity contribution in [1.29, 1.82) is 0 Å². The van der Waals surface area contributed by atoms with Crippen LogP contribution in [0.15, 0.2) is 0 Å². The average Bonchev–Trinajstić information content (AvgIpc) is 2.33. The van der Waals surface area contributed by atoms with Crippen molar-refractivity contribution in [1.82, 2.24) is 5.32 Å². The summed E-state index contributed by atoms with van der Waals surface area (Å²) in [5.74, 6) is -4.68. The highest BCUT2D eigenvalue weighted by Crippen LogP contribution is 2.34. The molecule has 0 aliphatic rings. The average molecular weight is 447 g/mol. The molecule has 0 aromatic carbocycles. The van der Waals surface area contributed by atoms with Crippen molar-refractivity contribution < 1.29 is 55.9 Å². The maximum Gasteiger partial charge on any atom is 0.699 e. The SMILES string of the molecule is NC(CCNCCC(N)(O[P+](=O)O)O[P+](=O)O)(O[P+](=O)O)O[P+](=O)O. The van der Waals surface area contributed by atoms with E-state index in [-0.39, 0.29) is 25.9 Å². The Labute approximate surface area is 144 Å². The fourth-order valence-corrected chi connectivity index (χ4v) is 3.08. The van der Waals surface area contributed by atoms with Crippen molar-refractivity contribution in [2.24, 2.45) is 11.5 Å². The molecule has 15 nitrogen and oxygen atoms in total. The maximum absolute atomic E-state index is 10.6. The first-order valence-electron chi connectivity index (χ1n) is 6.07. The standard InChI is InChI=1S/C6H13N3O12P4/c7-5(18-22(10)11,19-23(12)13)1-3-9-4-2-6(8,20-24(14)15)21-25(16)17/h9H,1-4,7-8H2/p+4. The molecule has 0 saturated heterocycles. The van der Waals surface area contributed by atoms with Crippen molar-refractivity contribution in [3.8, 4) is 0 Å². The van der Waals surface area contributed by atoms with Crippen LogP contribution in [0, 0.1) is 0 Å². The molecule has 0 bridgehead atoms. The molecular formula is C6H17N3O12P4+4. The van der Waals surface area contributed by atoms with Crippen molar-refractivity contribution in [3.63, 3.8) is 0 Å². The highest BCUT2D eigenvalue weighted by Gasteiger charge is 2.47. The van der Waals surface area contributed by atoms with Crippen LogP contribution in [0.2, 0.25) is 0 Å². The zero-order chi connectivity index (χ0) is 19.7. The molecule has 0 spiro atoms. The van der Waals surface area contributed by atoms with E-state index in [0.29, 0.717) is 0 Å². The first kappa shape index (κ1) is 25.0. The van der Waals surface area contributed by atoms with E-state index >= 15 is 0 Å². The van der Waals surface area contributed by atoms with Crippen LogP contribution in [0.3, 0.4) is 0 Å². The molecule has 4 atom stereocenters. The monoisotopic (exact) mass is 447 g/mol. The van der Waals surface area contributed by atoms with Gasteiger partial charge < -0.3 is 5.32 Å². The summed E-state index contributed by atoms with van der Waals surface area (Å²) in [5.41, 5.74) is 10.8. The minimum atomic E-state index is -3.23. The highest BCUT2D eigenvalue weighted by molar-refractivity contribution is 7.33. The molecule has 19 heteroatoms. The molecule has 144 valence electrons. The lowest BCUT2D eigenvalue weighted by molar-refractivity contribution is -0.118. The molecule has 0 aliphatic carbocycles. The largest absolute Gasteiger partial charge is 0.699 e. The van der Waals surface area contributed by atoms with Gasteiger partial charge in [0.25, 0.3) is 0 Å². The lowest BCUT2D eigenvalue weighted by Crippen LogP contribution is -2.46. The van der Waals surface area contributed by atoms with Crippen molar-refractivity contribution in [2.45, 2.75) is 24.7 Å². The van der Waals surface area contributed by atoms with E-state index in [1.54, 1.807) is 0 Å². The van der Waals surface area contributed by atoms with Gasteiger partial charge in [0.05, 0.1) is 0 Å². The third kappa shape index (κ3) is 12.9. The van der Waals surface area contributed by atoms with Gasteiger partial charge >= 0.3 is 44.8 Å². The summed E-state index contributed by atoms with van der Waals surface area (Å²) in [6, 6.07) is 0. The second-order valence-electron chi connectivity index (χ2n) is 4.19. The molecule has 0 radical (unpaired) electrons. The van der Waals surface area contributed by atoms with E-state index in [1.165, 1.54) is 0 Å². The van der Waals surface area contributed by atoms with Gasteiger partial charge in [-0.25, -0.2) is 0 Å². The lowest BCUT2D eigenvalue weighted by atomic mass is 10.3. The molecule has 0 aromatic rings. The molecule has 25 heavy (non-hydrogen) atoms. The molecule has 0 aliphatic heterocycles. The molecule has 4 unspecified atom stereocenters. The van der Waals surface area contributed by atoms with Gasteiger partial charge in [0, 0.05) is 44.2 Å². The minimum Gasteiger partial charge on any atom is -0.316 e. The second-order valence-corrected chi connectivity index (χ2v) is 6.82.